The molecule has 1 aliphatic heterocycles. The molecule has 0 bridgehead atoms. The molecule has 5 rings (SSSR count). The van der Waals surface area contributed by atoms with Gasteiger partial charge in [0.05, 0.1) is 41.1 Å². The van der Waals surface area contributed by atoms with Crippen LogP contribution in [0.5, 0.6) is 0 Å². The van der Waals surface area contributed by atoms with Crippen LogP contribution in [-0.4, -0.2) is 60.2 Å². The topological polar surface area (TPSA) is 147 Å². The molecule has 0 aromatic carbocycles. The quantitative estimate of drug-likeness (QED) is 0.552. The first-order valence-corrected chi connectivity index (χ1v) is 11.8. The second kappa shape index (κ2) is 8.08. The van der Waals surface area contributed by atoms with Gasteiger partial charge in [-0.1, -0.05) is 6.92 Å². The Labute approximate surface area is 202 Å². The summed E-state index contributed by atoms with van der Waals surface area (Å²) in [5.74, 6) is -0.552. The summed E-state index contributed by atoms with van der Waals surface area (Å²) < 4.78 is 3.43. The summed E-state index contributed by atoms with van der Waals surface area (Å²) >= 11 is 0. The summed E-state index contributed by atoms with van der Waals surface area (Å²) in [6, 6.07) is 2.08. The van der Waals surface area contributed by atoms with Crippen molar-refractivity contribution >= 4 is 23.1 Å². The largest absolute Gasteiger partial charge is 0.376 e. The van der Waals surface area contributed by atoms with Crippen LogP contribution in [-0.2, 0) is 11.8 Å². The van der Waals surface area contributed by atoms with Gasteiger partial charge in [0.15, 0.2) is 5.65 Å². The normalized spacial score (nSPS) is 20.7. The fraction of sp³-hybridized carbons (Fsp3) is 0.500. The fourth-order valence-corrected chi connectivity index (χ4v) is 5.13. The summed E-state index contributed by atoms with van der Waals surface area (Å²) in [5, 5.41) is 21.8. The highest BCUT2D eigenvalue weighted by Crippen LogP contribution is 2.47. The minimum absolute atomic E-state index is 0.0941. The van der Waals surface area contributed by atoms with Crippen molar-refractivity contribution in [2.75, 3.05) is 18.4 Å². The maximum atomic E-state index is 13.0. The number of nitrogens with two attached hydrogens (primary N) is 1. The standard InChI is InChI=1S/C24H29N9O2/c1-5-15-9-32(23(35)24(12-25)6-7-24)10-17(15)28-20-16(21(26)34)8-27-33-11-18(29-22(20)33)19-13(2)30-31(4)14(19)3/h8,11,15,17,28H,5-7,9-10H2,1-4H3,(H2,26,34)/t15-,17+/m0/s1. The molecule has 4 heterocycles. The van der Waals surface area contributed by atoms with E-state index >= 15 is 0 Å². The number of hydrogen-bond acceptors (Lipinski definition) is 7. The summed E-state index contributed by atoms with van der Waals surface area (Å²) in [6.07, 6.45) is 5.33. The minimum Gasteiger partial charge on any atom is -0.376 e. The molecule has 11 nitrogen and oxygen atoms in total. The van der Waals surface area contributed by atoms with Crippen molar-refractivity contribution < 1.29 is 9.59 Å². The molecule has 2 atom stereocenters. The second-order valence-electron chi connectivity index (χ2n) is 9.68. The summed E-state index contributed by atoms with van der Waals surface area (Å²) in [6.45, 7) is 6.99. The third-order valence-corrected chi connectivity index (χ3v) is 7.48. The Morgan fingerprint density at radius 3 is 2.63 bits per heavy atom. The highest BCUT2D eigenvalue weighted by atomic mass is 16.2. The number of rotatable bonds is 6. The van der Waals surface area contributed by atoms with Gasteiger partial charge in [0.25, 0.3) is 5.91 Å². The Morgan fingerprint density at radius 1 is 1.31 bits per heavy atom. The van der Waals surface area contributed by atoms with Gasteiger partial charge in [0.1, 0.15) is 5.41 Å². The molecular weight excluding hydrogens is 446 g/mol. The number of aryl methyl sites for hydroxylation is 2. The predicted molar refractivity (Wildman–Crippen MR) is 128 cm³/mol. The highest BCUT2D eigenvalue weighted by Gasteiger charge is 2.54. The Bertz CT molecular complexity index is 1390. The number of likely N-dealkylation sites (tertiary alicyclic amines) is 1. The zero-order valence-electron chi connectivity index (χ0n) is 20.4. The Balaban J connectivity index is 1.53. The molecule has 3 N–H and O–H groups in total. The summed E-state index contributed by atoms with van der Waals surface area (Å²) in [4.78, 5) is 31.9. The van der Waals surface area contributed by atoms with Crippen molar-refractivity contribution in [3.8, 4) is 17.3 Å². The van der Waals surface area contributed by atoms with Crippen LogP contribution in [0.4, 0.5) is 5.69 Å². The Hall–Kier alpha value is -3.94. The number of carbonyl (C=O) groups is 2. The number of nitrogens with one attached hydrogen (secondary N) is 1. The molecule has 182 valence electrons. The summed E-state index contributed by atoms with van der Waals surface area (Å²) in [5.41, 5.74) is 9.50. The SMILES string of the molecule is CC[C@H]1CN(C(=O)C2(C#N)CC2)C[C@H]1Nc1c(C(N)=O)cnn2cc(-c3c(C)nn(C)c3C)nc12. The van der Waals surface area contributed by atoms with Crippen LogP contribution in [0.25, 0.3) is 16.9 Å². The second-order valence-corrected chi connectivity index (χ2v) is 9.68. The van der Waals surface area contributed by atoms with Crippen molar-refractivity contribution in [2.24, 2.45) is 24.1 Å². The van der Waals surface area contributed by atoms with Gasteiger partial charge in [-0.3, -0.25) is 14.3 Å². The zero-order chi connectivity index (χ0) is 25.1. The number of nitrogens with zero attached hydrogens (tertiary/aromatic N) is 7. The Morgan fingerprint density at radius 2 is 2.06 bits per heavy atom. The number of primary amides is 1. The van der Waals surface area contributed by atoms with Crippen LogP contribution in [0, 0.1) is 36.5 Å². The van der Waals surface area contributed by atoms with Gasteiger partial charge < -0.3 is 16.0 Å². The van der Waals surface area contributed by atoms with E-state index in [1.807, 2.05) is 27.1 Å². The van der Waals surface area contributed by atoms with E-state index in [0.717, 1.165) is 23.4 Å². The van der Waals surface area contributed by atoms with E-state index in [1.165, 1.54) is 6.20 Å². The number of carbonyl (C=O) groups excluding carboxylic acids is 2. The first-order chi connectivity index (χ1) is 16.7. The smallest absolute Gasteiger partial charge is 0.252 e. The van der Waals surface area contributed by atoms with Crippen LogP contribution in [0.15, 0.2) is 12.4 Å². The lowest BCUT2D eigenvalue weighted by molar-refractivity contribution is -0.134. The van der Waals surface area contributed by atoms with Crippen LogP contribution in [0.1, 0.15) is 47.9 Å². The third-order valence-electron chi connectivity index (χ3n) is 7.48. The van der Waals surface area contributed by atoms with Crippen molar-refractivity contribution in [2.45, 2.75) is 46.1 Å². The van der Waals surface area contributed by atoms with E-state index in [-0.39, 0.29) is 23.4 Å². The molecule has 1 saturated carbocycles. The molecule has 11 heteroatoms. The van der Waals surface area contributed by atoms with Gasteiger partial charge >= 0.3 is 0 Å². The number of aromatic nitrogens is 5. The fourth-order valence-electron chi connectivity index (χ4n) is 5.13. The lowest BCUT2D eigenvalue weighted by Crippen LogP contribution is -2.36. The highest BCUT2D eigenvalue weighted by molar-refractivity contribution is 6.01. The molecule has 1 saturated heterocycles. The van der Waals surface area contributed by atoms with Crippen LogP contribution < -0.4 is 11.1 Å². The molecule has 0 spiro atoms. The lowest BCUT2D eigenvalue weighted by Gasteiger charge is -2.21. The van der Waals surface area contributed by atoms with Crippen molar-refractivity contribution in [1.82, 2.24) is 29.3 Å². The number of nitriles is 1. The molecule has 3 aromatic rings. The molecule has 2 aliphatic rings. The molecule has 0 radical (unpaired) electrons. The number of fused-ring (bicyclic) bond motifs is 1. The van der Waals surface area contributed by atoms with Gasteiger partial charge in [0.2, 0.25) is 5.91 Å². The minimum atomic E-state index is -0.854. The maximum absolute atomic E-state index is 13.0. The van der Waals surface area contributed by atoms with Crippen molar-refractivity contribution in [3.05, 3.63) is 29.3 Å². The van der Waals surface area contributed by atoms with E-state index in [1.54, 1.807) is 14.1 Å². The number of imidazole rings is 1. The third kappa shape index (κ3) is 3.60. The molecule has 2 amide bonds. The zero-order valence-corrected chi connectivity index (χ0v) is 20.4. The van der Waals surface area contributed by atoms with Crippen molar-refractivity contribution in [1.29, 1.82) is 5.26 Å². The van der Waals surface area contributed by atoms with E-state index in [2.05, 4.69) is 28.5 Å². The number of anilines is 1. The van der Waals surface area contributed by atoms with Crippen LogP contribution in [0.3, 0.4) is 0 Å². The van der Waals surface area contributed by atoms with Crippen molar-refractivity contribution in [3.63, 3.8) is 0 Å². The van der Waals surface area contributed by atoms with Gasteiger partial charge in [-0.25, -0.2) is 9.50 Å². The molecule has 35 heavy (non-hydrogen) atoms. The van der Waals surface area contributed by atoms with E-state index in [9.17, 15) is 14.9 Å². The van der Waals surface area contributed by atoms with Gasteiger partial charge in [-0.05, 0) is 39.0 Å². The molecule has 2 fully saturated rings. The van der Waals surface area contributed by atoms with E-state index in [0.29, 0.717) is 43.0 Å². The first kappa shape index (κ1) is 22.8. The Kier molecular flexibility index (Phi) is 5.27. The average Bonchev–Trinajstić information content (AvgIpc) is 3.22. The number of amides is 2. The number of hydrogen-bond donors (Lipinski definition) is 2. The lowest BCUT2D eigenvalue weighted by atomic mass is 10.0. The summed E-state index contributed by atoms with van der Waals surface area (Å²) in [7, 11) is 1.88. The van der Waals surface area contributed by atoms with Crippen LogP contribution in [0.2, 0.25) is 0 Å². The maximum Gasteiger partial charge on any atom is 0.252 e. The van der Waals surface area contributed by atoms with E-state index in [4.69, 9.17) is 10.7 Å². The molecule has 1 aliphatic carbocycles. The average molecular weight is 476 g/mol. The molecule has 0 unspecified atom stereocenters. The van der Waals surface area contributed by atoms with Gasteiger partial charge in [-0.15, -0.1) is 0 Å². The van der Waals surface area contributed by atoms with Crippen LogP contribution >= 0.6 is 0 Å². The molecule has 3 aromatic heterocycles. The van der Waals surface area contributed by atoms with Gasteiger partial charge in [0, 0.05) is 37.4 Å². The first-order valence-electron chi connectivity index (χ1n) is 11.8. The van der Waals surface area contributed by atoms with Gasteiger partial charge in [-0.2, -0.15) is 15.5 Å². The van der Waals surface area contributed by atoms with E-state index < -0.39 is 11.3 Å². The predicted octanol–water partition coefficient (Wildman–Crippen LogP) is 1.80. The molecular formula is C24H29N9O2. The monoisotopic (exact) mass is 475 g/mol.